The van der Waals surface area contributed by atoms with Crippen molar-refractivity contribution in [2.24, 2.45) is 5.92 Å². The van der Waals surface area contributed by atoms with Crippen LogP contribution >= 0.6 is 0 Å². The Morgan fingerprint density at radius 2 is 1.87 bits per heavy atom. The SMILES string of the molecule is CC(=O)CC(=O)NCC1CCC(O)CC1. The number of ketones is 1. The van der Waals surface area contributed by atoms with Crippen LogP contribution in [0.15, 0.2) is 0 Å². The van der Waals surface area contributed by atoms with E-state index in [0.717, 1.165) is 25.7 Å². The molecule has 15 heavy (non-hydrogen) atoms. The summed E-state index contributed by atoms with van der Waals surface area (Å²) in [5, 5.41) is 12.0. The molecule has 1 fully saturated rings. The zero-order valence-corrected chi connectivity index (χ0v) is 9.16. The van der Waals surface area contributed by atoms with Gasteiger partial charge in [0.2, 0.25) is 5.91 Å². The van der Waals surface area contributed by atoms with Crippen molar-refractivity contribution >= 4 is 11.7 Å². The normalized spacial score (nSPS) is 26.0. The second kappa shape index (κ2) is 5.85. The number of hydrogen-bond acceptors (Lipinski definition) is 3. The molecule has 0 radical (unpaired) electrons. The molecule has 0 aliphatic heterocycles. The van der Waals surface area contributed by atoms with Gasteiger partial charge < -0.3 is 10.4 Å². The molecular weight excluding hydrogens is 194 g/mol. The number of carbonyl (C=O) groups is 2. The number of aliphatic hydroxyl groups excluding tert-OH is 1. The van der Waals surface area contributed by atoms with Gasteiger partial charge in [0.05, 0.1) is 12.5 Å². The molecule has 86 valence electrons. The molecule has 0 aromatic rings. The summed E-state index contributed by atoms with van der Waals surface area (Å²) in [5.41, 5.74) is 0. The van der Waals surface area contributed by atoms with Gasteiger partial charge in [0, 0.05) is 6.54 Å². The largest absolute Gasteiger partial charge is 0.393 e. The first-order valence-corrected chi connectivity index (χ1v) is 5.52. The Hall–Kier alpha value is -0.900. The van der Waals surface area contributed by atoms with Crippen LogP contribution in [0.25, 0.3) is 0 Å². The van der Waals surface area contributed by atoms with Gasteiger partial charge in [0.15, 0.2) is 0 Å². The van der Waals surface area contributed by atoms with Crippen molar-refractivity contribution in [1.29, 1.82) is 0 Å². The van der Waals surface area contributed by atoms with E-state index in [1.54, 1.807) is 0 Å². The Morgan fingerprint density at radius 1 is 1.27 bits per heavy atom. The maximum Gasteiger partial charge on any atom is 0.227 e. The minimum absolute atomic E-state index is 0.0185. The van der Waals surface area contributed by atoms with Crippen molar-refractivity contribution in [3.63, 3.8) is 0 Å². The molecule has 0 aromatic carbocycles. The molecule has 0 aromatic heterocycles. The van der Waals surface area contributed by atoms with Gasteiger partial charge in [-0.3, -0.25) is 9.59 Å². The van der Waals surface area contributed by atoms with Crippen molar-refractivity contribution in [2.45, 2.75) is 45.1 Å². The fourth-order valence-corrected chi connectivity index (χ4v) is 1.90. The zero-order valence-electron chi connectivity index (χ0n) is 9.16. The summed E-state index contributed by atoms with van der Waals surface area (Å²) in [6, 6.07) is 0. The van der Waals surface area contributed by atoms with Gasteiger partial charge in [0.25, 0.3) is 0 Å². The predicted molar refractivity (Wildman–Crippen MR) is 56.3 cm³/mol. The van der Waals surface area contributed by atoms with Crippen molar-refractivity contribution in [3.8, 4) is 0 Å². The molecule has 4 heteroatoms. The van der Waals surface area contributed by atoms with Crippen LogP contribution in [0.1, 0.15) is 39.0 Å². The van der Waals surface area contributed by atoms with E-state index < -0.39 is 0 Å². The minimum Gasteiger partial charge on any atom is -0.393 e. The Labute approximate surface area is 90.0 Å². The van der Waals surface area contributed by atoms with E-state index in [0.29, 0.717) is 12.5 Å². The molecule has 0 bridgehead atoms. The zero-order chi connectivity index (χ0) is 11.3. The van der Waals surface area contributed by atoms with Crippen molar-refractivity contribution in [3.05, 3.63) is 0 Å². The third-order valence-corrected chi connectivity index (χ3v) is 2.81. The Balaban J connectivity index is 2.14. The highest BCUT2D eigenvalue weighted by atomic mass is 16.3. The average Bonchev–Trinajstić information content (AvgIpc) is 2.16. The standard InChI is InChI=1S/C11H19NO3/c1-8(13)6-11(15)12-7-9-2-4-10(14)5-3-9/h9-10,14H,2-7H2,1H3,(H,12,15). The molecule has 1 aliphatic carbocycles. The molecule has 1 saturated carbocycles. The first-order valence-electron chi connectivity index (χ1n) is 5.52. The van der Waals surface area contributed by atoms with Gasteiger partial charge in [0.1, 0.15) is 5.78 Å². The minimum atomic E-state index is -0.186. The Morgan fingerprint density at radius 3 is 2.40 bits per heavy atom. The molecule has 0 atom stereocenters. The van der Waals surface area contributed by atoms with Crippen LogP contribution in [0, 0.1) is 5.92 Å². The van der Waals surface area contributed by atoms with E-state index in [1.165, 1.54) is 6.92 Å². The summed E-state index contributed by atoms with van der Waals surface area (Å²) in [5.74, 6) is 0.171. The highest BCUT2D eigenvalue weighted by molar-refractivity contribution is 5.96. The maximum atomic E-state index is 11.2. The van der Waals surface area contributed by atoms with Crippen molar-refractivity contribution in [1.82, 2.24) is 5.32 Å². The quantitative estimate of drug-likeness (QED) is 0.673. The highest BCUT2D eigenvalue weighted by Gasteiger charge is 2.19. The molecule has 1 rings (SSSR count). The van der Waals surface area contributed by atoms with Gasteiger partial charge in [-0.05, 0) is 38.5 Å². The van der Waals surface area contributed by atoms with E-state index in [-0.39, 0.29) is 24.2 Å². The summed E-state index contributed by atoms with van der Waals surface area (Å²) in [4.78, 5) is 21.8. The van der Waals surface area contributed by atoms with Crippen LogP contribution in [-0.2, 0) is 9.59 Å². The van der Waals surface area contributed by atoms with Crippen LogP contribution in [0.4, 0.5) is 0 Å². The number of amides is 1. The predicted octanol–water partition coefficient (Wildman–Crippen LogP) is 0.633. The topological polar surface area (TPSA) is 66.4 Å². The third-order valence-electron chi connectivity index (χ3n) is 2.81. The van der Waals surface area contributed by atoms with E-state index in [9.17, 15) is 14.7 Å². The number of carbonyl (C=O) groups excluding carboxylic acids is 2. The van der Waals surface area contributed by atoms with Crippen molar-refractivity contribution < 1.29 is 14.7 Å². The molecule has 1 aliphatic rings. The van der Waals surface area contributed by atoms with E-state index in [2.05, 4.69) is 5.32 Å². The van der Waals surface area contributed by atoms with Crippen LogP contribution in [-0.4, -0.2) is 29.4 Å². The maximum absolute atomic E-state index is 11.2. The first kappa shape index (κ1) is 12.2. The van der Waals surface area contributed by atoms with Gasteiger partial charge in [-0.1, -0.05) is 0 Å². The van der Waals surface area contributed by atoms with Crippen LogP contribution in [0.5, 0.6) is 0 Å². The molecule has 0 saturated heterocycles. The molecule has 0 unspecified atom stereocenters. The Bertz CT molecular complexity index is 232. The number of nitrogens with one attached hydrogen (secondary N) is 1. The monoisotopic (exact) mass is 213 g/mol. The third kappa shape index (κ3) is 4.93. The molecule has 0 spiro atoms. The van der Waals surface area contributed by atoms with Gasteiger partial charge >= 0.3 is 0 Å². The lowest BCUT2D eigenvalue weighted by atomic mass is 9.87. The summed E-state index contributed by atoms with van der Waals surface area (Å²) in [6.07, 6.45) is 3.40. The smallest absolute Gasteiger partial charge is 0.227 e. The summed E-state index contributed by atoms with van der Waals surface area (Å²) >= 11 is 0. The van der Waals surface area contributed by atoms with Gasteiger partial charge in [-0.2, -0.15) is 0 Å². The van der Waals surface area contributed by atoms with Crippen molar-refractivity contribution in [2.75, 3.05) is 6.54 Å². The fraction of sp³-hybridized carbons (Fsp3) is 0.818. The molecule has 4 nitrogen and oxygen atoms in total. The first-order chi connectivity index (χ1) is 7.08. The average molecular weight is 213 g/mol. The van der Waals surface area contributed by atoms with Crippen LogP contribution < -0.4 is 5.32 Å². The molecule has 2 N–H and O–H groups in total. The van der Waals surface area contributed by atoms with Gasteiger partial charge in [-0.15, -0.1) is 0 Å². The summed E-state index contributed by atoms with van der Waals surface area (Å²) in [6.45, 7) is 2.05. The van der Waals surface area contributed by atoms with E-state index >= 15 is 0 Å². The van der Waals surface area contributed by atoms with E-state index in [1.807, 2.05) is 0 Å². The molecular formula is C11H19NO3. The van der Waals surface area contributed by atoms with Crippen LogP contribution in [0.2, 0.25) is 0 Å². The molecule has 1 amide bonds. The Kier molecular flexibility index (Phi) is 4.75. The summed E-state index contributed by atoms with van der Waals surface area (Å²) in [7, 11) is 0. The number of rotatable bonds is 4. The van der Waals surface area contributed by atoms with Crippen LogP contribution in [0.3, 0.4) is 0 Å². The number of aliphatic hydroxyl groups is 1. The lowest BCUT2D eigenvalue weighted by Gasteiger charge is -2.25. The fourth-order valence-electron chi connectivity index (χ4n) is 1.90. The second-order valence-corrected chi connectivity index (χ2v) is 4.36. The van der Waals surface area contributed by atoms with Gasteiger partial charge in [-0.25, -0.2) is 0 Å². The molecule has 0 heterocycles. The lowest BCUT2D eigenvalue weighted by molar-refractivity contribution is -0.127. The summed E-state index contributed by atoms with van der Waals surface area (Å²) < 4.78 is 0. The number of Topliss-reactive ketones (excluding diaryl/α,β-unsaturated/α-hetero) is 1. The second-order valence-electron chi connectivity index (χ2n) is 4.36. The lowest BCUT2D eigenvalue weighted by Crippen LogP contribution is -2.32. The number of hydrogen-bond donors (Lipinski definition) is 2. The van der Waals surface area contributed by atoms with E-state index in [4.69, 9.17) is 0 Å². The highest BCUT2D eigenvalue weighted by Crippen LogP contribution is 2.23.